The van der Waals surface area contributed by atoms with Crippen molar-refractivity contribution in [1.29, 1.82) is 0 Å². The van der Waals surface area contributed by atoms with Gasteiger partial charge in [-0.2, -0.15) is 0 Å². The smallest absolute Gasteiger partial charge is 0.227 e. The van der Waals surface area contributed by atoms with E-state index in [1.54, 1.807) is 0 Å². The zero-order valence-corrected chi connectivity index (χ0v) is 14.2. The average Bonchev–Trinajstić information content (AvgIpc) is 2.64. The van der Waals surface area contributed by atoms with Crippen LogP contribution in [0, 0.1) is 5.92 Å². The molecule has 3 rings (SSSR count). The first-order valence-corrected chi connectivity index (χ1v) is 8.98. The Labute approximate surface area is 143 Å². The highest BCUT2D eigenvalue weighted by Crippen LogP contribution is 2.19. The Bertz CT molecular complexity index is 522. The van der Waals surface area contributed by atoms with Gasteiger partial charge >= 0.3 is 0 Å². The van der Waals surface area contributed by atoms with Crippen LogP contribution in [0.2, 0.25) is 0 Å². The lowest BCUT2D eigenvalue weighted by Gasteiger charge is -2.22. The fraction of sp³-hybridized carbons (Fsp3) is 0.632. The van der Waals surface area contributed by atoms with E-state index in [-0.39, 0.29) is 17.9 Å². The molecule has 1 atom stereocenters. The van der Waals surface area contributed by atoms with Crippen molar-refractivity contribution in [3.8, 4) is 0 Å². The van der Waals surface area contributed by atoms with Gasteiger partial charge < -0.3 is 19.5 Å². The van der Waals surface area contributed by atoms with E-state index < -0.39 is 0 Å². The van der Waals surface area contributed by atoms with Crippen molar-refractivity contribution in [2.24, 2.45) is 5.92 Å². The number of nitrogens with one attached hydrogen (secondary N) is 1. The molecule has 0 unspecified atom stereocenters. The van der Waals surface area contributed by atoms with E-state index in [0.29, 0.717) is 26.4 Å². The average molecular weight is 333 g/mol. The molecule has 0 radical (unpaired) electrons. The zero-order chi connectivity index (χ0) is 16.6. The minimum Gasteiger partial charge on any atom is -0.381 e. The topological polar surface area (TPSA) is 56.8 Å². The van der Waals surface area contributed by atoms with Crippen LogP contribution < -0.4 is 5.32 Å². The molecule has 1 N–H and O–H groups in total. The Morgan fingerprint density at radius 3 is 2.83 bits per heavy atom. The van der Waals surface area contributed by atoms with Gasteiger partial charge in [0, 0.05) is 31.4 Å². The largest absolute Gasteiger partial charge is 0.381 e. The fourth-order valence-corrected chi connectivity index (χ4v) is 3.19. The molecule has 132 valence electrons. The molecule has 0 saturated carbocycles. The van der Waals surface area contributed by atoms with Crippen LogP contribution >= 0.6 is 0 Å². The summed E-state index contributed by atoms with van der Waals surface area (Å²) in [4.78, 5) is 12.3. The SMILES string of the molecule is O=C(Nc1cccc(COC[C@@H]2CCCCO2)c1)C1CCOCC1. The van der Waals surface area contributed by atoms with Crippen LogP contribution in [0.3, 0.4) is 0 Å². The maximum Gasteiger partial charge on any atom is 0.227 e. The van der Waals surface area contributed by atoms with Crippen LogP contribution in [0.1, 0.15) is 37.7 Å². The van der Waals surface area contributed by atoms with E-state index in [0.717, 1.165) is 43.5 Å². The lowest BCUT2D eigenvalue weighted by molar-refractivity contribution is -0.122. The molecule has 2 aliphatic rings. The normalized spacial score (nSPS) is 22.2. The maximum atomic E-state index is 12.3. The van der Waals surface area contributed by atoms with Gasteiger partial charge in [0.05, 0.1) is 19.3 Å². The highest BCUT2D eigenvalue weighted by atomic mass is 16.5. The predicted molar refractivity (Wildman–Crippen MR) is 91.9 cm³/mol. The van der Waals surface area contributed by atoms with Gasteiger partial charge in [0.2, 0.25) is 5.91 Å². The number of ether oxygens (including phenoxy) is 3. The van der Waals surface area contributed by atoms with Crippen LogP contribution in [0.5, 0.6) is 0 Å². The summed E-state index contributed by atoms with van der Waals surface area (Å²) in [5, 5.41) is 3.02. The van der Waals surface area contributed by atoms with Gasteiger partial charge in [0.1, 0.15) is 0 Å². The van der Waals surface area contributed by atoms with Crippen LogP contribution in [-0.2, 0) is 25.6 Å². The molecule has 1 aromatic carbocycles. The summed E-state index contributed by atoms with van der Waals surface area (Å²) in [7, 11) is 0. The van der Waals surface area contributed by atoms with E-state index in [9.17, 15) is 4.79 Å². The lowest BCUT2D eigenvalue weighted by Crippen LogP contribution is -2.28. The number of rotatable bonds is 6. The standard InChI is InChI=1S/C19H27NO4/c21-19(16-7-10-22-11-8-16)20-17-5-3-4-15(12-17)13-23-14-18-6-1-2-9-24-18/h3-5,12,16,18H,1-2,6-11,13-14H2,(H,20,21)/t18-/m0/s1. The lowest BCUT2D eigenvalue weighted by atomic mass is 9.99. The Balaban J connectivity index is 1.45. The molecule has 2 heterocycles. The minimum absolute atomic E-state index is 0.0575. The monoisotopic (exact) mass is 333 g/mol. The van der Waals surface area contributed by atoms with Gasteiger partial charge in [-0.1, -0.05) is 12.1 Å². The second kappa shape index (κ2) is 9.16. The summed E-state index contributed by atoms with van der Waals surface area (Å²) in [5.41, 5.74) is 1.90. The molecule has 24 heavy (non-hydrogen) atoms. The van der Waals surface area contributed by atoms with Crippen molar-refractivity contribution in [2.45, 2.75) is 44.8 Å². The first kappa shape index (κ1) is 17.4. The number of carbonyl (C=O) groups excluding carboxylic acids is 1. The molecule has 0 aliphatic carbocycles. The summed E-state index contributed by atoms with van der Waals surface area (Å²) >= 11 is 0. The van der Waals surface area contributed by atoms with Gasteiger partial charge in [-0.15, -0.1) is 0 Å². The van der Waals surface area contributed by atoms with Crippen LogP contribution in [0.4, 0.5) is 5.69 Å². The Kier molecular flexibility index (Phi) is 6.64. The summed E-state index contributed by atoms with van der Waals surface area (Å²) in [5.74, 6) is 0.147. The maximum absolute atomic E-state index is 12.3. The van der Waals surface area contributed by atoms with Crippen molar-refractivity contribution in [2.75, 3.05) is 31.7 Å². The van der Waals surface area contributed by atoms with Crippen molar-refractivity contribution >= 4 is 11.6 Å². The second-order valence-electron chi connectivity index (χ2n) is 6.58. The quantitative estimate of drug-likeness (QED) is 0.869. The van der Waals surface area contributed by atoms with Crippen molar-refractivity contribution in [3.05, 3.63) is 29.8 Å². The minimum atomic E-state index is 0.0575. The van der Waals surface area contributed by atoms with Crippen molar-refractivity contribution < 1.29 is 19.0 Å². The first-order chi connectivity index (χ1) is 11.8. The van der Waals surface area contributed by atoms with Gasteiger partial charge in [0.15, 0.2) is 0 Å². The third kappa shape index (κ3) is 5.30. The summed E-state index contributed by atoms with van der Waals surface area (Å²) in [6.07, 6.45) is 5.30. The molecular formula is C19H27NO4. The van der Waals surface area contributed by atoms with E-state index in [2.05, 4.69) is 5.32 Å². The number of carbonyl (C=O) groups is 1. The number of anilines is 1. The first-order valence-electron chi connectivity index (χ1n) is 8.98. The molecule has 2 aliphatic heterocycles. The van der Waals surface area contributed by atoms with Crippen molar-refractivity contribution in [1.82, 2.24) is 0 Å². The Morgan fingerprint density at radius 1 is 1.17 bits per heavy atom. The van der Waals surface area contributed by atoms with Gasteiger partial charge in [-0.05, 0) is 49.8 Å². The molecule has 5 heteroatoms. The van der Waals surface area contributed by atoms with Gasteiger partial charge in [-0.25, -0.2) is 0 Å². The highest BCUT2D eigenvalue weighted by molar-refractivity contribution is 5.92. The zero-order valence-electron chi connectivity index (χ0n) is 14.2. The van der Waals surface area contributed by atoms with Crippen LogP contribution in [0.25, 0.3) is 0 Å². The van der Waals surface area contributed by atoms with E-state index >= 15 is 0 Å². The molecule has 5 nitrogen and oxygen atoms in total. The molecule has 1 amide bonds. The highest BCUT2D eigenvalue weighted by Gasteiger charge is 2.21. The van der Waals surface area contributed by atoms with E-state index in [4.69, 9.17) is 14.2 Å². The Hall–Kier alpha value is -1.43. The molecule has 0 bridgehead atoms. The molecule has 2 fully saturated rings. The molecular weight excluding hydrogens is 306 g/mol. The molecule has 2 saturated heterocycles. The van der Waals surface area contributed by atoms with Crippen LogP contribution in [-0.4, -0.2) is 38.4 Å². The molecule has 1 aromatic rings. The number of hydrogen-bond acceptors (Lipinski definition) is 4. The second-order valence-corrected chi connectivity index (χ2v) is 6.58. The van der Waals surface area contributed by atoms with E-state index in [1.807, 2.05) is 24.3 Å². The summed E-state index contributed by atoms with van der Waals surface area (Å²) in [6, 6.07) is 7.88. The third-order valence-electron chi connectivity index (χ3n) is 4.63. The third-order valence-corrected chi connectivity index (χ3v) is 4.63. The van der Waals surface area contributed by atoms with Gasteiger partial charge in [0.25, 0.3) is 0 Å². The van der Waals surface area contributed by atoms with Crippen LogP contribution in [0.15, 0.2) is 24.3 Å². The van der Waals surface area contributed by atoms with Crippen molar-refractivity contribution in [3.63, 3.8) is 0 Å². The summed E-state index contributed by atoms with van der Waals surface area (Å²) in [6.45, 7) is 3.38. The number of benzene rings is 1. The van der Waals surface area contributed by atoms with Gasteiger partial charge in [-0.3, -0.25) is 4.79 Å². The van der Waals surface area contributed by atoms with E-state index in [1.165, 1.54) is 6.42 Å². The Morgan fingerprint density at radius 2 is 2.04 bits per heavy atom. The molecule has 0 spiro atoms. The predicted octanol–water partition coefficient (Wildman–Crippen LogP) is 3.14. The number of amides is 1. The fourth-order valence-electron chi connectivity index (χ4n) is 3.19. The molecule has 0 aromatic heterocycles. The summed E-state index contributed by atoms with van der Waals surface area (Å²) < 4.78 is 16.8. The number of hydrogen-bond donors (Lipinski definition) is 1.